The summed E-state index contributed by atoms with van der Waals surface area (Å²) < 4.78 is 3.78. The molecule has 0 saturated carbocycles. The van der Waals surface area contributed by atoms with Gasteiger partial charge in [-0.3, -0.25) is 0 Å². The van der Waals surface area contributed by atoms with Gasteiger partial charge in [-0.15, -0.1) is 0 Å². The van der Waals surface area contributed by atoms with Gasteiger partial charge >= 0.3 is 0 Å². The second-order valence-corrected chi connectivity index (χ2v) is 4.38. The molecular formula is C14H18N4. The van der Waals surface area contributed by atoms with Crippen molar-refractivity contribution in [3.63, 3.8) is 0 Å². The summed E-state index contributed by atoms with van der Waals surface area (Å²) >= 11 is 0. The molecule has 0 unspecified atom stereocenters. The lowest BCUT2D eigenvalue weighted by Gasteiger charge is -2.00. The van der Waals surface area contributed by atoms with Crippen LogP contribution in [0.25, 0.3) is 0 Å². The maximum Gasteiger partial charge on any atom is 0.0679 e. The van der Waals surface area contributed by atoms with Crippen LogP contribution < -0.4 is 0 Å². The highest BCUT2D eigenvalue weighted by Gasteiger charge is 1.97. The topological polar surface area (TPSA) is 34.6 Å². The second kappa shape index (κ2) is 5.04. The summed E-state index contributed by atoms with van der Waals surface area (Å²) in [6.45, 7) is 8.12. The molecule has 0 saturated heterocycles. The molecule has 0 bridgehead atoms. The van der Waals surface area contributed by atoms with E-state index in [1.807, 2.05) is 61.3 Å². The first-order valence-corrected chi connectivity index (χ1v) is 5.97. The van der Waals surface area contributed by atoms with E-state index in [9.17, 15) is 0 Å². The zero-order valence-electron chi connectivity index (χ0n) is 11.3. The van der Waals surface area contributed by atoms with Crippen molar-refractivity contribution >= 4 is 12.4 Å². The number of nitrogens with zero attached hydrogens (tertiary/aromatic N) is 4. The Morgan fingerprint density at radius 3 is 1.22 bits per heavy atom. The third kappa shape index (κ3) is 2.42. The molecule has 2 aromatic rings. The van der Waals surface area contributed by atoms with Crippen molar-refractivity contribution in [2.24, 2.45) is 10.2 Å². The van der Waals surface area contributed by atoms with E-state index in [4.69, 9.17) is 0 Å². The molecule has 0 fully saturated rings. The number of hydrogen-bond donors (Lipinski definition) is 0. The molecule has 94 valence electrons. The van der Waals surface area contributed by atoms with Gasteiger partial charge in [-0.05, 0) is 52.0 Å². The summed E-state index contributed by atoms with van der Waals surface area (Å²) in [5.74, 6) is 0. The van der Waals surface area contributed by atoms with E-state index in [0.717, 1.165) is 22.8 Å². The Morgan fingerprint density at radius 2 is 0.944 bits per heavy atom. The van der Waals surface area contributed by atoms with Crippen LogP contribution in [0.1, 0.15) is 22.8 Å². The van der Waals surface area contributed by atoms with Crippen LogP contribution in [0, 0.1) is 27.7 Å². The molecule has 2 aromatic heterocycles. The summed E-state index contributed by atoms with van der Waals surface area (Å²) in [6, 6.07) is 8.18. The van der Waals surface area contributed by atoms with Gasteiger partial charge in [-0.2, -0.15) is 10.2 Å². The zero-order valence-corrected chi connectivity index (χ0v) is 11.3. The molecule has 0 atom stereocenters. The Kier molecular flexibility index (Phi) is 3.46. The fourth-order valence-corrected chi connectivity index (χ4v) is 1.88. The van der Waals surface area contributed by atoms with Gasteiger partial charge in [-0.1, -0.05) is 0 Å². The Labute approximate surface area is 107 Å². The third-order valence-electron chi connectivity index (χ3n) is 2.90. The summed E-state index contributed by atoms with van der Waals surface area (Å²) in [5, 5.41) is 8.71. The van der Waals surface area contributed by atoms with E-state index in [2.05, 4.69) is 10.2 Å². The van der Waals surface area contributed by atoms with Crippen molar-refractivity contribution in [1.29, 1.82) is 0 Å². The predicted molar refractivity (Wildman–Crippen MR) is 75.6 cm³/mol. The predicted octanol–water partition coefficient (Wildman–Crippen LogP) is 2.89. The molecule has 0 N–H and O–H groups in total. The monoisotopic (exact) mass is 242 g/mol. The van der Waals surface area contributed by atoms with Crippen LogP contribution in [-0.4, -0.2) is 21.8 Å². The minimum Gasteiger partial charge on any atom is -0.243 e. The van der Waals surface area contributed by atoms with Crippen LogP contribution in [0.4, 0.5) is 0 Å². The van der Waals surface area contributed by atoms with E-state index < -0.39 is 0 Å². The average molecular weight is 242 g/mol. The smallest absolute Gasteiger partial charge is 0.0679 e. The SMILES string of the molecule is Cc1ccc(C)n1N=CC=Nn1c(C)ccc1C. The minimum absolute atomic E-state index is 1.12. The van der Waals surface area contributed by atoms with Crippen LogP contribution in [0.15, 0.2) is 34.5 Å². The lowest BCUT2D eigenvalue weighted by Crippen LogP contribution is -1.97. The molecule has 2 heterocycles. The van der Waals surface area contributed by atoms with Crippen LogP contribution in [0.5, 0.6) is 0 Å². The number of hydrogen-bond acceptors (Lipinski definition) is 2. The maximum absolute atomic E-state index is 4.35. The van der Waals surface area contributed by atoms with E-state index >= 15 is 0 Å². The number of rotatable bonds is 3. The van der Waals surface area contributed by atoms with Crippen LogP contribution in [0.2, 0.25) is 0 Å². The molecule has 4 nitrogen and oxygen atoms in total. The number of aryl methyl sites for hydroxylation is 4. The lowest BCUT2D eigenvalue weighted by molar-refractivity contribution is 0.813. The fourth-order valence-electron chi connectivity index (χ4n) is 1.88. The molecule has 0 aliphatic rings. The maximum atomic E-state index is 4.35. The van der Waals surface area contributed by atoms with Gasteiger partial charge in [0.2, 0.25) is 0 Å². The number of aromatic nitrogens is 2. The Balaban J connectivity index is 2.13. The molecule has 2 rings (SSSR count). The summed E-state index contributed by atoms with van der Waals surface area (Å²) in [5.41, 5.74) is 4.46. The first kappa shape index (κ1) is 12.4. The van der Waals surface area contributed by atoms with Crippen molar-refractivity contribution in [2.75, 3.05) is 0 Å². The van der Waals surface area contributed by atoms with Crippen LogP contribution in [-0.2, 0) is 0 Å². The molecule has 0 spiro atoms. The molecular weight excluding hydrogens is 224 g/mol. The molecule has 18 heavy (non-hydrogen) atoms. The fraction of sp³-hybridized carbons (Fsp3) is 0.286. The highest BCUT2D eigenvalue weighted by molar-refractivity contribution is 6.15. The van der Waals surface area contributed by atoms with Gasteiger partial charge in [0.25, 0.3) is 0 Å². The van der Waals surface area contributed by atoms with Crippen molar-refractivity contribution in [3.05, 3.63) is 47.0 Å². The van der Waals surface area contributed by atoms with Crippen molar-refractivity contribution in [2.45, 2.75) is 27.7 Å². The average Bonchev–Trinajstić information content (AvgIpc) is 2.82. The molecule has 4 heteroatoms. The Morgan fingerprint density at radius 1 is 0.667 bits per heavy atom. The Bertz CT molecular complexity index is 506. The van der Waals surface area contributed by atoms with Crippen LogP contribution in [0.3, 0.4) is 0 Å². The molecule has 0 aromatic carbocycles. The first-order chi connectivity index (χ1) is 8.59. The highest BCUT2D eigenvalue weighted by Crippen LogP contribution is 2.06. The molecule has 0 amide bonds. The second-order valence-electron chi connectivity index (χ2n) is 4.38. The van der Waals surface area contributed by atoms with Crippen LogP contribution >= 0.6 is 0 Å². The summed E-state index contributed by atoms with van der Waals surface area (Å²) in [4.78, 5) is 0. The van der Waals surface area contributed by atoms with Gasteiger partial charge in [0.1, 0.15) is 0 Å². The summed E-state index contributed by atoms with van der Waals surface area (Å²) in [6.07, 6.45) is 3.41. The van der Waals surface area contributed by atoms with Gasteiger partial charge < -0.3 is 0 Å². The van der Waals surface area contributed by atoms with E-state index in [0.29, 0.717) is 0 Å². The van der Waals surface area contributed by atoms with Crippen molar-refractivity contribution < 1.29 is 0 Å². The largest absolute Gasteiger partial charge is 0.243 e. The summed E-state index contributed by atoms with van der Waals surface area (Å²) in [7, 11) is 0. The molecule has 0 aliphatic heterocycles. The minimum atomic E-state index is 1.12. The Hall–Kier alpha value is -2.10. The van der Waals surface area contributed by atoms with Gasteiger partial charge in [0.15, 0.2) is 0 Å². The third-order valence-corrected chi connectivity index (χ3v) is 2.90. The van der Waals surface area contributed by atoms with E-state index in [-0.39, 0.29) is 0 Å². The first-order valence-electron chi connectivity index (χ1n) is 5.97. The normalized spacial score (nSPS) is 12.0. The molecule has 0 radical (unpaired) electrons. The quantitative estimate of drug-likeness (QED) is 0.742. The van der Waals surface area contributed by atoms with Gasteiger partial charge in [0.05, 0.1) is 12.4 Å². The van der Waals surface area contributed by atoms with E-state index in [1.165, 1.54) is 0 Å². The van der Waals surface area contributed by atoms with Crippen molar-refractivity contribution in [3.8, 4) is 0 Å². The van der Waals surface area contributed by atoms with Gasteiger partial charge in [0, 0.05) is 22.8 Å². The highest BCUT2D eigenvalue weighted by atomic mass is 15.4. The standard InChI is InChI=1S/C14H18N4/c1-11-5-6-12(2)17(11)15-9-10-16-18-13(3)7-8-14(18)4/h5-10H,1-4H3. The lowest BCUT2D eigenvalue weighted by atomic mass is 10.5. The van der Waals surface area contributed by atoms with Crippen molar-refractivity contribution in [1.82, 2.24) is 9.35 Å². The zero-order chi connectivity index (χ0) is 13.1. The van der Waals surface area contributed by atoms with E-state index in [1.54, 1.807) is 12.4 Å². The van der Waals surface area contributed by atoms with Gasteiger partial charge in [-0.25, -0.2) is 9.35 Å². The molecule has 0 aliphatic carbocycles.